The monoisotopic (exact) mass is 514 g/mol. The predicted molar refractivity (Wildman–Crippen MR) is 135 cm³/mol. The Balaban J connectivity index is 1.87. The predicted octanol–water partition coefficient (Wildman–Crippen LogP) is 5.77. The molecule has 0 saturated carbocycles. The molecule has 4 rings (SSSR count). The highest BCUT2D eigenvalue weighted by atomic mass is 35.5. The van der Waals surface area contributed by atoms with E-state index in [1.807, 2.05) is 30.5 Å². The average molecular weight is 515 g/mol. The molecular weight excluding hydrogens is 491 g/mol. The molecule has 3 aromatic rings. The molecule has 0 radical (unpaired) electrons. The number of benzene rings is 3. The van der Waals surface area contributed by atoms with Crippen LogP contribution in [-0.4, -0.2) is 44.2 Å². The van der Waals surface area contributed by atoms with Crippen molar-refractivity contribution in [2.24, 2.45) is 0 Å². The Hall–Kier alpha value is -3.23. The highest BCUT2D eigenvalue weighted by molar-refractivity contribution is 7.98. The van der Waals surface area contributed by atoms with E-state index in [0.29, 0.717) is 22.6 Å². The molecule has 1 N–H and O–H groups in total. The van der Waals surface area contributed by atoms with Crippen LogP contribution < -0.4 is 14.8 Å². The lowest BCUT2D eigenvalue weighted by molar-refractivity contribution is -0.119. The van der Waals surface area contributed by atoms with Gasteiger partial charge in [0.25, 0.3) is 5.91 Å². The quantitative estimate of drug-likeness (QED) is 0.423. The normalized spacial score (nSPS) is 17.1. The van der Waals surface area contributed by atoms with Crippen molar-refractivity contribution in [3.8, 4) is 11.5 Å². The molecular formula is C26H24ClFN2O4S. The number of nitrogens with zero attached hydrogens (tertiary/aromatic N) is 1. The number of thioether (sulfide) groups is 1. The number of carbonyl (C=O) groups is 2. The molecule has 0 aromatic heterocycles. The zero-order valence-corrected chi connectivity index (χ0v) is 21.2. The SMILES string of the molecule is COc1cc2c(cc1OC)[C@@H](C(=O)Nc1ccc(F)cc1Cl)[C@H](c1ccc(SC)cc1)N(C)C2=O. The lowest BCUT2D eigenvalue weighted by Crippen LogP contribution is -2.44. The largest absolute Gasteiger partial charge is 0.493 e. The molecule has 35 heavy (non-hydrogen) atoms. The zero-order chi connectivity index (χ0) is 25.3. The summed E-state index contributed by atoms with van der Waals surface area (Å²) in [7, 11) is 4.64. The molecule has 0 unspecified atom stereocenters. The Morgan fingerprint density at radius 2 is 1.71 bits per heavy atom. The van der Waals surface area contributed by atoms with Crippen molar-refractivity contribution in [2.75, 3.05) is 32.8 Å². The number of anilines is 1. The van der Waals surface area contributed by atoms with Crippen LogP contribution in [0, 0.1) is 5.82 Å². The van der Waals surface area contributed by atoms with E-state index in [9.17, 15) is 14.0 Å². The van der Waals surface area contributed by atoms with Crippen LogP contribution in [0.2, 0.25) is 5.02 Å². The molecule has 0 aliphatic carbocycles. The Morgan fingerprint density at radius 3 is 2.31 bits per heavy atom. The van der Waals surface area contributed by atoms with Crippen molar-refractivity contribution >= 4 is 40.9 Å². The topological polar surface area (TPSA) is 67.9 Å². The van der Waals surface area contributed by atoms with Crippen molar-refractivity contribution in [3.05, 3.63) is 82.1 Å². The maximum Gasteiger partial charge on any atom is 0.254 e. The second kappa shape index (κ2) is 10.2. The van der Waals surface area contributed by atoms with E-state index in [1.165, 1.54) is 26.4 Å². The Morgan fingerprint density at radius 1 is 1.06 bits per heavy atom. The molecule has 0 fully saturated rings. The first-order valence-corrected chi connectivity index (χ1v) is 12.3. The summed E-state index contributed by atoms with van der Waals surface area (Å²) in [5, 5.41) is 2.90. The van der Waals surface area contributed by atoms with Gasteiger partial charge >= 0.3 is 0 Å². The van der Waals surface area contributed by atoms with E-state index in [1.54, 1.807) is 35.8 Å². The second-order valence-corrected chi connectivity index (χ2v) is 9.31. The Labute approximate surface area is 212 Å². The number of carbonyl (C=O) groups excluding carboxylic acids is 2. The van der Waals surface area contributed by atoms with E-state index in [4.69, 9.17) is 21.1 Å². The van der Waals surface area contributed by atoms with Gasteiger partial charge in [-0.3, -0.25) is 9.59 Å². The van der Waals surface area contributed by atoms with Crippen LogP contribution in [0.15, 0.2) is 59.5 Å². The molecule has 0 spiro atoms. The number of hydrogen-bond acceptors (Lipinski definition) is 5. The lowest BCUT2D eigenvalue weighted by atomic mass is 9.79. The van der Waals surface area contributed by atoms with Gasteiger partial charge < -0.3 is 19.7 Å². The summed E-state index contributed by atoms with van der Waals surface area (Å²) in [6.07, 6.45) is 1.98. The van der Waals surface area contributed by atoms with Crippen LogP contribution in [0.3, 0.4) is 0 Å². The van der Waals surface area contributed by atoms with Gasteiger partial charge in [-0.2, -0.15) is 0 Å². The molecule has 182 valence electrons. The van der Waals surface area contributed by atoms with Gasteiger partial charge in [-0.15, -0.1) is 11.8 Å². The van der Waals surface area contributed by atoms with Crippen LogP contribution in [0.4, 0.5) is 10.1 Å². The third-order valence-electron chi connectivity index (χ3n) is 6.10. The molecule has 2 atom stereocenters. The Bertz CT molecular complexity index is 1290. The second-order valence-electron chi connectivity index (χ2n) is 8.02. The maximum absolute atomic E-state index is 13.8. The molecule has 9 heteroatoms. The van der Waals surface area contributed by atoms with Gasteiger partial charge in [-0.1, -0.05) is 23.7 Å². The smallest absolute Gasteiger partial charge is 0.254 e. The molecule has 6 nitrogen and oxygen atoms in total. The standard InChI is InChI=1S/C26H24ClFN2O4S/c1-30-24(14-5-8-16(35-4)9-6-14)23(25(31)29-20-10-7-15(28)11-19(20)27)17-12-21(33-2)22(34-3)13-18(17)26(30)32/h5-13,23-24H,1-4H3,(H,29,31)/t23-,24+/m1/s1. The van der Waals surface area contributed by atoms with Crippen LogP contribution >= 0.6 is 23.4 Å². The first-order valence-electron chi connectivity index (χ1n) is 10.7. The summed E-state index contributed by atoms with van der Waals surface area (Å²) >= 11 is 7.78. The zero-order valence-electron chi connectivity index (χ0n) is 19.6. The number of rotatable bonds is 6. The number of nitrogens with one attached hydrogen (secondary N) is 1. The number of methoxy groups -OCH3 is 2. The molecule has 0 bridgehead atoms. The fourth-order valence-corrected chi connectivity index (χ4v) is 4.97. The fourth-order valence-electron chi connectivity index (χ4n) is 4.35. The number of likely N-dealkylation sites (N-methyl/N-ethyl adjacent to an activating group) is 1. The van der Waals surface area contributed by atoms with Gasteiger partial charge in [0.15, 0.2) is 11.5 Å². The van der Waals surface area contributed by atoms with E-state index in [0.717, 1.165) is 16.5 Å². The number of halogens is 2. The van der Waals surface area contributed by atoms with Crippen molar-refractivity contribution in [2.45, 2.75) is 16.9 Å². The van der Waals surface area contributed by atoms with E-state index in [-0.39, 0.29) is 16.6 Å². The minimum absolute atomic E-state index is 0.0759. The molecule has 3 aromatic carbocycles. The van der Waals surface area contributed by atoms with Gasteiger partial charge in [0, 0.05) is 17.5 Å². The first-order chi connectivity index (χ1) is 16.8. The molecule has 1 heterocycles. The number of ether oxygens (including phenoxy) is 2. The molecule has 1 aliphatic heterocycles. The third-order valence-corrected chi connectivity index (χ3v) is 7.16. The average Bonchev–Trinajstić information content (AvgIpc) is 2.86. The van der Waals surface area contributed by atoms with Crippen LogP contribution in [0.5, 0.6) is 11.5 Å². The highest BCUT2D eigenvalue weighted by Gasteiger charge is 2.43. The summed E-state index contributed by atoms with van der Waals surface area (Å²) in [5.41, 5.74) is 1.91. The highest BCUT2D eigenvalue weighted by Crippen LogP contribution is 2.46. The maximum atomic E-state index is 13.8. The first kappa shape index (κ1) is 24.9. The van der Waals surface area contributed by atoms with E-state index < -0.39 is 23.7 Å². The molecule has 2 amide bonds. The van der Waals surface area contributed by atoms with Crippen LogP contribution in [0.1, 0.15) is 33.4 Å². The lowest BCUT2D eigenvalue weighted by Gasteiger charge is -2.40. The molecule has 0 saturated heterocycles. The fraction of sp³-hybridized carbons (Fsp3) is 0.231. The third kappa shape index (κ3) is 4.68. The summed E-state index contributed by atoms with van der Waals surface area (Å²) < 4.78 is 24.4. The van der Waals surface area contributed by atoms with E-state index in [2.05, 4.69) is 5.32 Å². The van der Waals surface area contributed by atoms with E-state index >= 15 is 0 Å². The van der Waals surface area contributed by atoms with Gasteiger partial charge in [0.05, 0.1) is 36.9 Å². The van der Waals surface area contributed by atoms with Crippen molar-refractivity contribution in [1.29, 1.82) is 0 Å². The number of fused-ring (bicyclic) bond motifs is 1. The van der Waals surface area contributed by atoms with Crippen molar-refractivity contribution in [3.63, 3.8) is 0 Å². The number of amides is 2. The molecule has 1 aliphatic rings. The minimum atomic E-state index is -0.811. The summed E-state index contributed by atoms with van der Waals surface area (Å²) in [6.45, 7) is 0. The summed E-state index contributed by atoms with van der Waals surface area (Å²) in [5.74, 6) is -1.18. The van der Waals surface area contributed by atoms with Crippen molar-refractivity contribution in [1.82, 2.24) is 4.90 Å². The minimum Gasteiger partial charge on any atom is -0.493 e. The Kier molecular flexibility index (Phi) is 7.23. The van der Waals surface area contributed by atoms with Gasteiger partial charge in [0.1, 0.15) is 5.82 Å². The van der Waals surface area contributed by atoms with Gasteiger partial charge in [-0.05, 0) is 59.8 Å². The summed E-state index contributed by atoms with van der Waals surface area (Å²) in [4.78, 5) is 29.9. The van der Waals surface area contributed by atoms with Crippen LogP contribution in [0.25, 0.3) is 0 Å². The van der Waals surface area contributed by atoms with Gasteiger partial charge in [-0.25, -0.2) is 4.39 Å². The van der Waals surface area contributed by atoms with Crippen LogP contribution in [-0.2, 0) is 4.79 Å². The number of hydrogen-bond donors (Lipinski definition) is 1. The summed E-state index contributed by atoms with van der Waals surface area (Å²) in [6, 6.07) is 14.1. The van der Waals surface area contributed by atoms with Gasteiger partial charge in [0.2, 0.25) is 5.91 Å². The van der Waals surface area contributed by atoms with Crippen molar-refractivity contribution < 1.29 is 23.5 Å².